The summed E-state index contributed by atoms with van der Waals surface area (Å²) in [6.45, 7) is 4.01. The number of carbonyl (C=O) groups excluding carboxylic acids is 1. The van der Waals surface area contributed by atoms with Gasteiger partial charge in [0.25, 0.3) is 5.69 Å². The van der Waals surface area contributed by atoms with Gasteiger partial charge >= 0.3 is 5.97 Å². The first-order valence-corrected chi connectivity index (χ1v) is 9.51. The minimum absolute atomic E-state index is 0.00840. The molecule has 1 atom stereocenters. The third-order valence-electron chi connectivity index (χ3n) is 5.58. The molecule has 7 nitrogen and oxygen atoms in total. The van der Waals surface area contributed by atoms with E-state index < -0.39 is 16.6 Å². The first-order valence-electron chi connectivity index (χ1n) is 9.51. The standard InChI is InChI=1S/C20H26N2O5/c1-3-27-19(23)18-17(14-9-11-16(12-10-14)22(25)26)13-21(20(18,2)24)15-7-5-4-6-8-15/h9-12,15,24H,3-8,13H2,1-2H3. The number of benzene rings is 1. The molecular weight excluding hydrogens is 348 g/mol. The summed E-state index contributed by atoms with van der Waals surface area (Å²) in [4.78, 5) is 25.1. The molecular formula is C20H26N2O5. The lowest BCUT2D eigenvalue weighted by molar-refractivity contribution is -0.384. The Kier molecular flexibility index (Phi) is 5.62. The van der Waals surface area contributed by atoms with Gasteiger partial charge in [-0.15, -0.1) is 0 Å². The number of hydrogen-bond acceptors (Lipinski definition) is 6. The molecule has 146 valence electrons. The highest BCUT2D eigenvalue weighted by molar-refractivity contribution is 6.01. The lowest BCUT2D eigenvalue weighted by atomic mass is 9.92. The van der Waals surface area contributed by atoms with Crippen LogP contribution in [0.5, 0.6) is 0 Å². The van der Waals surface area contributed by atoms with E-state index in [-0.39, 0.29) is 23.9 Å². The van der Waals surface area contributed by atoms with E-state index in [9.17, 15) is 20.0 Å². The van der Waals surface area contributed by atoms with Crippen LogP contribution in [-0.4, -0.2) is 45.8 Å². The quantitative estimate of drug-likeness (QED) is 0.483. The summed E-state index contributed by atoms with van der Waals surface area (Å²) in [5.41, 5.74) is 0.182. The van der Waals surface area contributed by atoms with Crippen molar-refractivity contribution in [3.05, 3.63) is 45.5 Å². The fraction of sp³-hybridized carbons (Fsp3) is 0.550. The smallest absolute Gasteiger partial charge is 0.338 e. The van der Waals surface area contributed by atoms with Crippen LogP contribution < -0.4 is 0 Å². The number of nitrogens with zero attached hydrogens (tertiary/aromatic N) is 2. The predicted octanol–water partition coefficient (Wildman–Crippen LogP) is 3.27. The Balaban J connectivity index is 2.01. The highest BCUT2D eigenvalue weighted by atomic mass is 16.6. The van der Waals surface area contributed by atoms with Crippen LogP contribution in [0.15, 0.2) is 29.8 Å². The number of ether oxygens (including phenoxy) is 1. The van der Waals surface area contributed by atoms with Gasteiger partial charge in [0.05, 0.1) is 17.1 Å². The van der Waals surface area contributed by atoms with Crippen LogP contribution in [0.3, 0.4) is 0 Å². The van der Waals surface area contributed by atoms with Crippen LogP contribution in [-0.2, 0) is 9.53 Å². The zero-order chi connectivity index (χ0) is 19.6. The second-order valence-corrected chi connectivity index (χ2v) is 7.32. The first-order chi connectivity index (χ1) is 12.9. The summed E-state index contributed by atoms with van der Waals surface area (Å²) in [6, 6.07) is 6.31. The molecule has 0 spiro atoms. The molecule has 0 aromatic heterocycles. The topological polar surface area (TPSA) is 92.9 Å². The van der Waals surface area contributed by atoms with Crippen molar-refractivity contribution in [2.75, 3.05) is 13.2 Å². The second-order valence-electron chi connectivity index (χ2n) is 7.32. The van der Waals surface area contributed by atoms with Gasteiger partial charge in [-0.3, -0.25) is 15.0 Å². The summed E-state index contributed by atoms with van der Waals surface area (Å²) in [6.07, 6.45) is 5.39. The third kappa shape index (κ3) is 3.75. The molecule has 1 saturated carbocycles. The van der Waals surface area contributed by atoms with Crippen molar-refractivity contribution < 1.29 is 19.6 Å². The molecule has 27 heavy (non-hydrogen) atoms. The normalized spacial score (nSPS) is 24.3. The van der Waals surface area contributed by atoms with Crippen molar-refractivity contribution in [2.45, 2.75) is 57.7 Å². The Bertz CT molecular complexity index is 748. The zero-order valence-electron chi connectivity index (χ0n) is 15.8. The van der Waals surface area contributed by atoms with Crippen LogP contribution in [0.4, 0.5) is 5.69 Å². The molecule has 1 aromatic rings. The van der Waals surface area contributed by atoms with Crippen molar-refractivity contribution >= 4 is 17.2 Å². The molecule has 1 aliphatic heterocycles. The Labute approximate surface area is 158 Å². The van der Waals surface area contributed by atoms with E-state index in [2.05, 4.69) is 0 Å². The second kappa shape index (κ2) is 7.78. The number of carbonyl (C=O) groups is 1. The van der Waals surface area contributed by atoms with E-state index in [1.807, 2.05) is 4.90 Å². The van der Waals surface area contributed by atoms with Crippen molar-refractivity contribution in [1.82, 2.24) is 4.90 Å². The Morgan fingerprint density at radius 2 is 1.93 bits per heavy atom. The molecule has 1 fully saturated rings. The molecule has 0 saturated heterocycles. The first kappa shape index (κ1) is 19.5. The highest BCUT2D eigenvalue weighted by Gasteiger charge is 2.48. The molecule has 1 aliphatic carbocycles. The maximum absolute atomic E-state index is 12.7. The number of aliphatic hydroxyl groups is 1. The predicted molar refractivity (Wildman–Crippen MR) is 101 cm³/mol. The van der Waals surface area contributed by atoms with Gasteiger partial charge < -0.3 is 9.84 Å². The van der Waals surface area contributed by atoms with Gasteiger partial charge in [-0.1, -0.05) is 19.3 Å². The van der Waals surface area contributed by atoms with Crippen molar-refractivity contribution in [3.63, 3.8) is 0 Å². The van der Waals surface area contributed by atoms with Gasteiger partial charge in [0.2, 0.25) is 0 Å². The Morgan fingerprint density at radius 1 is 1.30 bits per heavy atom. The van der Waals surface area contributed by atoms with Crippen LogP contribution in [0.25, 0.3) is 5.57 Å². The maximum atomic E-state index is 12.7. The molecule has 7 heteroatoms. The van der Waals surface area contributed by atoms with E-state index in [0.717, 1.165) is 25.7 Å². The number of rotatable bonds is 5. The molecule has 0 radical (unpaired) electrons. The minimum Gasteiger partial charge on any atom is -0.463 e. The Morgan fingerprint density at radius 3 is 2.48 bits per heavy atom. The largest absolute Gasteiger partial charge is 0.463 e. The summed E-state index contributed by atoms with van der Waals surface area (Å²) in [5, 5.41) is 22.2. The van der Waals surface area contributed by atoms with Crippen LogP contribution in [0.2, 0.25) is 0 Å². The molecule has 1 N–H and O–H groups in total. The fourth-order valence-corrected chi connectivity index (χ4v) is 4.25. The summed E-state index contributed by atoms with van der Waals surface area (Å²) >= 11 is 0. The molecule has 3 rings (SSSR count). The van der Waals surface area contributed by atoms with Gasteiger partial charge in [0.1, 0.15) is 5.72 Å². The average Bonchev–Trinajstić information content (AvgIpc) is 2.93. The van der Waals surface area contributed by atoms with E-state index >= 15 is 0 Å². The van der Waals surface area contributed by atoms with Crippen LogP contribution >= 0.6 is 0 Å². The van der Waals surface area contributed by atoms with Crippen LogP contribution in [0.1, 0.15) is 51.5 Å². The highest BCUT2D eigenvalue weighted by Crippen LogP contribution is 2.42. The van der Waals surface area contributed by atoms with Crippen molar-refractivity contribution in [1.29, 1.82) is 0 Å². The fourth-order valence-electron chi connectivity index (χ4n) is 4.25. The van der Waals surface area contributed by atoms with E-state index in [1.165, 1.54) is 18.6 Å². The van der Waals surface area contributed by atoms with Gasteiger partial charge in [0.15, 0.2) is 0 Å². The molecule has 2 aliphatic rings. The third-order valence-corrected chi connectivity index (χ3v) is 5.58. The number of hydrogen-bond donors (Lipinski definition) is 1. The SMILES string of the molecule is CCOC(=O)C1=C(c2ccc([N+](=O)[O-])cc2)CN(C2CCCCC2)C1(C)O. The van der Waals surface area contributed by atoms with Crippen molar-refractivity contribution in [3.8, 4) is 0 Å². The summed E-state index contributed by atoms with van der Waals surface area (Å²) < 4.78 is 5.22. The summed E-state index contributed by atoms with van der Waals surface area (Å²) in [5.74, 6) is -0.533. The molecule has 1 aromatic carbocycles. The number of nitro groups is 1. The number of nitro benzene ring substituents is 1. The number of esters is 1. The van der Waals surface area contributed by atoms with Gasteiger partial charge in [-0.05, 0) is 50.0 Å². The monoisotopic (exact) mass is 374 g/mol. The average molecular weight is 374 g/mol. The van der Waals surface area contributed by atoms with Gasteiger partial charge in [-0.25, -0.2) is 4.79 Å². The number of non-ortho nitro benzene ring substituents is 1. The Hall–Kier alpha value is -2.25. The van der Waals surface area contributed by atoms with Crippen LogP contribution in [0, 0.1) is 10.1 Å². The minimum atomic E-state index is -1.43. The van der Waals surface area contributed by atoms with E-state index in [4.69, 9.17) is 4.74 Å². The maximum Gasteiger partial charge on any atom is 0.338 e. The molecule has 0 bridgehead atoms. The molecule has 0 amide bonds. The zero-order valence-corrected chi connectivity index (χ0v) is 15.8. The molecule has 1 heterocycles. The van der Waals surface area contributed by atoms with Gasteiger partial charge in [0, 0.05) is 24.7 Å². The van der Waals surface area contributed by atoms with E-state index in [0.29, 0.717) is 17.7 Å². The summed E-state index contributed by atoms with van der Waals surface area (Å²) in [7, 11) is 0. The van der Waals surface area contributed by atoms with Gasteiger partial charge in [-0.2, -0.15) is 0 Å². The van der Waals surface area contributed by atoms with E-state index in [1.54, 1.807) is 26.0 Å². The molecule has 1 unspecified atom stereocenters. The lowest BCUT2D eigenvalue weighted by Gasteiger charge is -2.40. The lowest BCUT2D eigenvalue weighted by Crippen LogP contribution is -2.51. The van der Waals surface area contributed by atoms with Crippen molar-refractivity contribution in [2.24, 2.45) is 0 Å².